The molecule has 1 heterocycles. The van der Waals surface area contributed by atoms with Gasteiger partial charge in [0.2, 0.25) is 10.9 Å². The van der Waals surface area contributed by atoms with Crippen molar-refractivity contribution < 1.29 is 17.6 Å². The summed E-state index contributed by atoms with van der Waals surface area (Å²) in [5, 5.41) is 0. The van der Waals surface area contributed by atoms with Crippen LogP contribution >= 0.6 is 0 Å². The number of carbonyl (C=O) groups is 1. The predicted octanol–water partition coefficient (Wildman–Crippen LogP) is 2.05. The Labute approximate surface area is 151 Å². The van der Waals surface area contributed by atoms with E-state index in [9.17, 15) is 17.6 Å². The molecule has 0 unspecified atom stereocenters. The fraction of sp³-hybridized carbons (Fsp3) is 0.167. The summed E-state index contributed by atoms with van der Waals surface area (Å²) in [6.45, 7) is 0.266. The first-order valence-electron chi connectivity index (χ1n) is 7.96. The molecular formula is C18H16FN3O3S. The van der Waals surface area contributed by atoms with Gasteiger partial charge < -0.3 is 0 Å². The van der Waals surface area contributed by atoms with Gasteiger partial charge in [-0.25, -0.2) is 17.5 Å². The van der Waals surface area contributed by atoms with E-state index in [-0.39, 0.29) is 17.9 Å². The Morgan fingerprint density at radius 2 is 1.77 bits per heavy atom. The molecule has 0 radical (unpaired) electrons. The first kappa shape index (κ1) is 18.1. The lowest BCUT2D eigenvalue weighted by atomic mass is 9.99. The summed E-state index contributed by atoms with van der Waals surface area (Å²) >= 11 is 0. The molecule has 0 bridgehead atoms. The lowest BCUT2D eigenvalue weighted by Gasteiger charge is -2.07. The highest BCUT2D eigenvalue weighted by atomic mass is 32.2. The van der Waals surface area contributed by atoms with Crippen molar-refractivity contribution >= 4 is 27.7 Å². The van der Waals surface area contributed by atoms with Crippen LogP contribution in [0.3, 0.4) is 0 Å². The van der Waals surface area contributed by atoms with Gasteiger partial charge in [-0.15, -0.1) is 0 Å². The van der Waals surface area contributed by atoms with E-state index < -0.39 is 16.7 Å². The molecule has 0 spiro atoms. The monoisotopic (exact) mass is 373 g/mol. The molecule has 134 valence electrons. The standard InChI is InChI=1S/C18H16FN3O3S/c19-15-9-12(2-1-5-22-26(24)25)8-14(10-15)18(23)13-3-4-16-17(11-13)21-7-6-20-16/h3-4,6-11,26H,1-2,5H2,(H,22,24,25). The molecule has 0 aliphatic rings. The number of carbonyl (C=O) groups excluding carboxylic acids is 1. The number of aryl methyl sites for hydroxylation is 1. The van der Waals surface area contributed by atoms with Crippen molar-refractivity contribution in [3.8, 4) is 0 Å². The second-order valence-electron chi connectivity index (χ2n) is 5.71. The van der Waals surface area contributed by atoms with Gasteiger partial charge in [-0.2, -0.15) is 0 Å². The smallest absolute Gasteiger partial charge is 0.201 e. The third-order valence-electron chi connectivity index (χ3n) is 3.83. The summed E-state index contributed by atoms with van der Waals surface area (Å²) in [6.07, 6.45) is 4.07. The summed E-state index contributed by atoms with van der Waals surface area (Å²) in [4.78, 5) is 21.0. The van der Waals surface area contributed by atoms with Crippen molar-refractivity contribution in [1.29, 1.82) is 0 Å². The number of hydrogen-bond acceptors (Lipinski definition) is 5. The Hall–Kier alpha value is -2.71. The largest absolute Gasteiger partial charge is 0.289 e. The third kappa shape index (κ3) is 4.47. The number of hydrogen-bond donors (Lipinski definition) is 2. The van der Waals surface area contributed by atoms with Gasteiger partial charge in [0.25, 0.3) is 0 Å². The second kappa shape index (κ2) is 8.11. The fourth-order valence-corrected chi connectivity index (χ4v) is 3.00. The summed E-state index contributed by atoms with van der Waals surface area (Å²) in [6, 6.07) is 9.14. The number of ketones is 1. The highest BCUT2D eigenvalue weighted by Crippen LogP contribution is 2.18. The van der Waals surface area contributed by atoms with Gasteiger partial charge in [-0.05, 0) is 54.8 Å². The first-order chi connectivity index (χ1) is 12.5. The first-order valence-corrected chi connectivity index (χ1v) is 9.13. The number of thiol groups is 1. The zero-order chi connectivity index (χ0) is 18.5. The molecule has 3 rings (SSSR count). The minimum absolute atomic E-state index is 0.242. The van der Waals surface area contributed by atoms with Crippen molar-refractivity contribution in [3.05, 3.63) is 71.3 Å². The molecule has 1 aromatic heterocycles. The van der Waals surface area contributed by atoms with Crippen molar-refractivity contribution in [2.45, 2.75) is 12.8 Å². The summed E-state index contributed by atoms with van der Waals surface area (Å²) in [5.41, 5.74) is 2.54. The number of nitrogens with zero attached hydrogens (tertiary/aromatic N) is 2. The van der Waals surface area contributed by atoms with Crippen molar-refractivity contribution in [2.24, 2.45) is 0 Å². The SMILES string of the molecule is O=C(c1cc(F)cc(CCCN[SH](=O)=O)c1)c1ccc2nccnc2c1. The van der Waals surface area contributed by atoms with E-state index in [1.165, 1.54) is 12.1 Å². The van der Waals surface area contributed by atoms with Crippen LogP contribution in [-0.2, 0) is 17.3 Å². The molecule has 26 heavy (non-hydrogen) atoms. The van der Waals surface area contributed by atoms with Crippen molar-refractivity contribution in [1.82, 2.24) is 14.7 Å². The lowest BCUT2D eigenvalue weighted by molar-refractivity contribution is 0.103. The van der Waals surface area contributed by atoms with E-state index >= 15 is 0 Å². The average Bonchev–Trinajstić information content (AvgIpc) is 2.63. The molecule has 0 fully saturated rings. The molecule has 8 heteroatoms. The van der Waals surface area contributed by atoms with E-state index in [1.807, 2.05) is 0 Å². The maximum atomic E-state index is 13.9. The second-order valence-corrected chi connectivity index (χ2v) is 6.54. The third-order valence-corrected chi connectivity index (χ3v) is 4.32. The Bertz CT molecular complexity index is 1030. The molecule has 0 atom stereocenters. The normalized spacial score (nSPS) is 11.2. The predicted molar refractivity (Wildman–Crippen MR) is 96.0 cm³/mol. The number of fused-ring (bicyclic) bond motifs is 1. The van der Waals surface area contributed by atoms with Gasteiger partial charge in [0.15, 0.2) is 5.78 Å². The molecule has 6 nitrogen and oxygen atoms in total. The van der Waals surface area contributed by atoms with E-state index in [0.29, 0.717) is 35.0 Å². The van der Waals surface area contributed by atoms with Crippen molar-refractivity contribution in [2.75, 3.05) is 6.54 Å². The number of nitrogens with one attached hydrogen (secondary N) is 1. The molecular weight excluding hydrogens is 357 g/mol. The Kier molecular flexibility index (Phi) is 5.65. The topological polar surface area (TPSA) is 89.0 Å². The van der Waals surface area contributed by atoms with Crippen LogP contribution in [0, 0.1) is 5.82 Å². The van der Waals surface area contributed by atoms with Crippen LogP contribution in [-0.4, -0.2) is 30.7 Å². The number of rotatable bonds is 7. The molecule has 3 aromatic rings. The molecule has 0 saturated heterocycles. The van der Waals surface area contributed by atoms with E-state index in [2.05, 4.69) is 14.7 Å². The van der Waals surface area contributed by atoms with Crippen LogP contribution < -0.4 is 4.72 Å². The van der Waals surface area contributed by atoms with Crippen LogP contribution in [0.4, 0.5) is 4.39 Å². The maximum absolute atomic E-state index is 13.9. The van der Waals surface area contributed by atoms with E-state index in [1.54, 1.807) is 36.7 Å². The van der Waals surface area contributed by atoms with Gasteiger partial charge in [-0.1, -0.05) is 0 Å². The van der Waals surface area contributed by atoms with Crippen LogP contribution in [0.2, 0.25) is 0 Å². The van der Waals surface area contributed by atoms with Crippen LogP contribution in [0.5, 0.6) is 0 Å². The molecule has 2 aromatic carbocycles. The van der Waals surface area contributed by atoms with Gasteiger partial charge in [0, 0.05) is 30.1 Å². The van der Waals surface area contributed by atoms with Crippen molar-refractivity contribution in [3.63, 3.8) is 0 Å². The number of halogens is 1. The highest BCUT2D eigenvalue weighted by Gasteiger charge is 2.13. The van der Waals surface area contributed by atoms with Gasteiger partial charge in [-0.3, -0.25) is 14.8 Å². The minimum Gasteiger partial charge on any atom is -0.289 e. The quantitative estimate of drug-likeness (QED) is 0.376. The molecule has 1 N–H and O–H groups in total. The van der Waals surface area contributed by atoms with E-state index in [4.69, 9.17) is 0 Å². The fourth-order valence-electron chi connectivity index (χ4n) is 2.66. The van der Waals surface area contributed by atoms with Gasteiger partial charge in [0.1, 0.15) is 5.82 Å². The number of benzene rings is 2. The van der Waals surface area contributed by atoms with Crippen LogP contribution in [0.25, 0.3) is 11.0 Å². The Morgan fingerprint density at radius 3 is 2.54 bits per heavy atom. The Morgan fingerprint density at radius 1 is 1.00 bits per heavy atom. The van der Waals surface area contributed by atoms with Gasteiger partial charge in [0.05, 0.1) is 11.0 Å². The average molecular weight is 373 g/mol. The molecule has 0 aliphatic carbocycles. The minimum atomic E-state index is -2.64. The van der Waals surface area contributed by atoms with Gasteiger partial charge >= 0.3 is 0 Å². The van der Waals surface area contributed by atoms with Crippen LogP contribution in [0.15, 0.2) is 48.8 Å². The molecule has 0 amide bonds. The molecule has 0 aliphatic heterocycles. The summed E-state index contributed by atoms with van der Waals surface area (Å²) in [7, 11) is -2.64. The Balaban J connectivity index is 1.81. The number of aromatic nitrogens is 2. The highest BCUT2D eigenvalue weighted by molar-refractivity contribution is 7.70. The zero-order valence-electron chi connectivity index (χ0n) is 13.7. The molecule has 0 saturated carbocycles. The summed E-state index contributed by atoms with van der Waals surface area (Å²) < 4.78 is 37.1. The maximum Gasteiger partial charge on any atom is 0.201 e. The summed E-state index contributed by atoms with van der Waals surface area (Å²) in [5.74, 6) is -0.812. The van der Waals surface area contributed by atoms with Crippen LogP contribution in [0.1, 0.15) is 27.9 Å². The lowest BCUT2D eigenvalue weighted by Crippen LogP contribution is -2.13. The van der Waals surface area contributed by atoms with E-state index in [0.717, 1.165) is 0 Å². The zero-order valence-corrected chi connectivity index (χ0v) is 14.6.